The molecule has 6 heteroatoms. The number of benzene rings is 1. The lowest BCUT2D eigenvalue weighted by Gasteiger charge is -2.17. The first-order valence-corrected chi connectivity index (χ1v) is 7.77. The largest absolute Gasteiger partial charge is 0.396 e. The number of halogens is 1. The van der Waals surface area contributed by atoms with Crippen LogP contribution in [-0.2, 0) is 0 Å². The van der Waals surface area contributed by atoms with Crippen LogP contribution in [-0.4, -0.2) is 35.8 Å². The van der Waals surface area contributed by atoms with Gasteiger partial charge in [-0.1, -0.05) is 17.7 Å². The number of rotatable bonds is 6. The third kappa shape index (κ3) is 5.72. The first kappa shape index (κ1) is 16.1. The average Bonchev–Trinajstić information content (AvgIpc) is 2.33. The highest BCUT2D eigenvalue weighted by Crippen LogP contribution is 2.22. The number of carbonyl (C=O) groups is 1. The number of hydrogen-bond donors (Lipinski definition) is 3. The van der Waals surface area contributed by atoms with Gasteiger partial charge in [0.25, 0.3) is 0 Å². The summed E-state index contributed by atoms with van der Waals surface area (Å²) in [7, 11) is 0. The van der Waals surface area contributed by atoms with Crippen LogP contribution in [0.1, 0.15) is 12.0 Å². The number of urea groups is 1. The summed E-state index contributed by atoms with van der Waals surface area (Å²) in [6.45, 7) is 1.99. The third-order valence-corrected chi connectivity index (χ3v) is 3.60. The van der Waals surface area contributed by atoms with E-state index >= 15 is 0 Å². The predicted octanol–water partition coefficient (Wildman–Crippen LogP) is 2.88. The number of amides is 2. The van der Waals surface area contributed by atoms with E-state index in [0.717, 1.165) is 11.3 Å². The number of anilines is 1. The highest BCUT2D eigenvalue weighted by molar-refractivity contribution is 7.98. The quantitative estimate of drug-likeness (QED) is 0.757. The molecule has 0 saturated heterocycles. The lowest BCUT2D eigenvalue weighted by atomic mass is 10.2. The summed E-state index contributed by atoms with van der Waals surface area (Å²) < 4.78 is 0. The van der Waals surface area contributed by atoms with Crippen LogP contribution in [0.5, 0.6) is 0 Å². The highest BCUT2D eigenvalue weighted by Gasteiger charge is 2.12. The summed E-state index contributed by atoms with van der Waals surface area (Å²) in [5, 5.41) is 15.0. The maximum absolute atomic E-state index is 11.8. The minimum Gasteiger partial charge on any atom is -0.396 e. The Hall–Kier alpha value is -0.910. The predicted molar refractivity (Wildman–Crippen MR) is 82.2 cm³/mol. The van der Waals surface area contributed by atoms with Gasteiger partial charge < -0.3 is 15.7 Å². The van der Waals surface area contributed by atoms with E-state index in [4.69, 9.17) is 16.7 Å². The normalized spacial score (nSPS) is 12.0. The molecule has 0 aromatic heterocycles. The molecule has 0 bridgehead atoms. The Morgan fingerprint density at radius 3 is 2.84 bits per heavy atom. The average molecular weight is 303 g/mol. The molecule has 106 valence electrons. The van der Waals surface area contributed by atoms with E-state index in [9.17, 15) is 4.79 Å². The smallest absolute Gasteiger partial charge is 0.319 e. The van der Waals surface area contributed by atoms with Crippen LogP contribution in [0.3, 0.4) is 0 Å². The molecular formula is C13H19ClN2O2S. The lowest BCUT2D eigenvalue weighted by Crippen LogP contribution is -2.40. The molecule has 19 heavy (non-hydrogen) atoms. The van der Waals surface area contributed by atoms with Crippen LogP contribution < -0.4 is 10.6 Å². The van der Waals surface area contributed by atoms with E-state index in [1.54, 1.807) is 23.9 Å². The van der Waals surface area contributed by atoms with Crippen LogP contribution in [0, 0.1) is 6.92 Å². The topological polar surface area (TPSA) is 61.4 Å². The Balaban J connectivity index is 2.58. The second-order valence-electron chi connectivity index (χ2n) is 4.25. The van der Waals surface area contributed by atoms with Crippen molar-refractivity contribution in [3.05, 3.63) is 28.8 Å². The number of aliphatic hydroxyl groups is 1. The molecule has 0 fully saturated rings. The third-order valence-electron chi connectivity index (χ3n) is 2.55. The molecule has 3 N–H and O–H groups in total. The van der Waals surface area contributed by atoms with Gasteiger partial charge in [0.1, 0.15) is 0 Å². The van der Waals surface area contributed by atoms with Crippen molar-refractivity contribution in [2.24, 2.45) is 0 Å². The minimum atomic E-state index is -0.307. The van der Waals surface area contributed by atoms with Crippen LogP contribution in [0.25, 0.3) is 0 Å². The van der Waals surface area contributed by atoms with Gasteiger partial charge in [-0.15, -0.1) is 0 Å². The Bertz CT molecular complexity index is 423. The molecule has 0 heterocycles. The second kappa shape index (κ2) is 8.30. The maximum Gasteiger partial charge on any atom is 0.319 e. The van der Waals surface area contributed by atoms with Crippen LogP contribution in [0.4, 0.5) is 10.5 Å². The minimum absolute atomic E-state index is 0.0516. The first-order chi connectivity index (χ1) is 9.06. The molecule has 1 rings (SSSR count). The van der Waals surface area contributed by atoms with Crippen LogP contribution >= 0.6 is 23.4 Å². The zero-order valence-corrected chi connectivity index (χ0v) is 12.6. The molecule has 1 aromatic carbocycles. The summed E-state index contributed by atoms with van der Waals surface area (Å²) in [5.74, 6) is 0.760. The number of thioether (sulfide) groups is 1. The van der Waals surface area contributed by atoms with Crippen molar-refractivity contribution in [2.45, 2.75) is 19.4 Å². The summed E-state index contributed by atoms with van der Waals surface area (Å²) in [5.41, 5.74) is 1.62. The van der Waals surface area contributed by atoms with Crippen molar-refractivity contribution >= 4 is 35.1 Å². The second-order valence-corrected chi connectivity index (χ2v) is 5.56. The van der Waals surface area contributed by atoms with E-state index in [1.165, 1.54) is 0 Å². The highest BCUT2D eigenvalue weighted by atomic mass is 35.5. The molecule has 0 spiro atoms. The molecule has 0 aliphatic carbocycles. The maximum atomic E-state index is 11.8. The van der Waals surface area contributed by atoms with Gasteiger partial charge in [0.05, 0.1) is 10.7 Å². The lowest BCUT2D eigenvalue weighted by molar-refractivity contribution is 0.241. The standard InChI is InChI=1S/C13H19ClN2O2S/c1-9-3-4-12(11(14)7-9)16-13(18)15-10(5-6-17)8-19-2/h3-4,7,10,17H,5-6,8H2,1-2H3,(H2,15,16,18)/t10-/m1/s1. The fourth-order valence-electron chi connectivity index (χ4n) is 1.62. The van der Waals surface area contributed by atoms with Gasteiger partial charge in [0.2, 0.25) is 0 Å². The van der Waals surface area contributed by atoms with Crippen molar-refractivity contribution in [3.63, 3.8) is 0 Å². The molecule has 0 aliphatic heterocycles. The van der Waals surface area contributed by atoms with Crippen LogP contribution in [0.15, 0.2) is 18.2 Å². The van der Waals surface area contributed by atoms with Gasteiger partial charge in [0, 0.05) is 18.4 Å². The first-order valence-electron chi connectivity index (χ1n) is 6.00. The monoisotopic (exact) mass is 302 g/mol. The van der Waals surface area contributed by atoms with Gasteiger partial charge in [-0.3, -0.25) is 0 Å². The molecule has 0 radical (unpaired) electrons. The Morgan fingerprint density at radius 1 is 1.53 bits per heavy atom. The van der Waals surface area contributed by atoms with E-state index in [2.05, 4.69) is 10.6 Å². The van der Waals surface area contributed by atoms with Crippen molar-refractivity contribution in [1.29, 1.82) is 0 Å². The molecule has 1 atom stereocenters. The van der Waals surface area contributed by atoms with Crippen molar-refractivity contribution in [2.75, 3.05) is 23.9 Å². The fourth-order valence-corrected chi connectivity index (χ4v) is 2.55. The number of nitrogens with one attached hydrogen (secondary N) is 2. The molecule has 0 saturated carbocycles. The Kier molecular flexibility index (Phi) is 7.05. The van der Waals surface area contributed by atoms with E-state index in [1.807, 2.05) is 19.2 Å². The SMILES string of the molecule is CSC[C@@H](CCO)NC(=O)Nc1ccc(C)cc1Cl. The number of carbonyl (C=O) groups excluding carboxylic acids is 1. The van der Waals surface area contributed by atoms with Gasteiger partial charge in [0.15, 0.2) is 0 Å². The van der Waals surface area contributed by atoms with Gasteiger partial charge in [-0.05, 0) is 37.3 Å². The van der Waals surface area contributed by atoms with E-state index in [-0.39, 0.29) is 18.7 Å². The molecule has 4 nitrogen and oxygen atoms in total. The van der Waals surface area contributed by atoms with Crippen molar-refractivity contribution in [1.82, 2.24) is 5.32 Å². The van der Waals surface area contributed by atoms with Crippen molar-refractivity contribution < 1.29 is 9.90 Å². The molecule has 0 aliphatic rings. The Labute approximate surface area is 122 Å². The summed E-state index contributed by atoms with van der Waals surface area (Å²) in [6, 6.07) is 5.09. The molecular weight excluding hydrogens is 284 g/mol. The van der Waals surface area contributed by atoms with Crippen LogP contribution in [0.2, 0.25) is 5.02 Å². The summed E-state index contributed by atoms with van der Waals surface area (Å²) in [4.78, 5) is 11.8. The number of hydrogen-bond acceptors (Lipinski definition) is 3. The van der Waals surface area contributed by atoms with Crippen molar-refractivity contribution in [3.8, 4) is 0 Å². The van der Waals surface area contributed by atoms with Gasteiger partial charge in [-0.2, -0.15) is 11.8 Å². The molecule has 0 unspecified atom stereocenters. The zero-order chi connectivity index (χ0) is 14.3. The Morgan fingerprint density at radius 2 is 2.26 bits per heavy atom. The summed E-state index contributed by atoms with van der Waals surface area (Å²) in [6.07, 6.45) is 2.50. The molecule has 1 aromatic rings. The number of aryl methyl sites for hydroxylation is 1. The van der Waals surface area contributed by atoms with Gasteiger partial charge >= 0.3 is 6.03 Å². The molecule has 2 amide bonds. The van der Waals surface area contributed by atoms with Gasteiger partial charge in [-0.25, -0.2) is 4.79 Å². The van der Waals surface area contributed by atoms with E-state index < -0.39 is 0 Å². The zero-order valence-electron chi connectivity index (χ0n) is 11.1. The summed E-state index contributed by atoms with van der Waals surface area (Å²) >= 11 is 7.67. The van der Waals surface area contributed by atoms with E-state index in [0.29, 0.717) is 17.1 Å². The fraction of sp³-hybridized carbons (Fsp3) is 0.462. The number of aliphatic hydroxyl groups excluding tert-OH is 1.